The van der Waals surface area contributed by atoms with Gasteiger partial charge in [0.15, 0.2) is 0 Å². The van der Waals surface area contributed by atoms with Gasteiger partial charge in [-0.15, -0.1) is 0 Å². The molecule has 2 heterocycles. The third kappa shape index (κ3) is 1.36. The van der Waals surface area contributed by atoms with Crippen LogP contribution in [0.1, 0.15) is 32.6 Å². The molecule has 82 valence electrons. The van der Waals surface area contributed by atoms with Gasteiger partial charge in [0.05, 0.1) is 12.1 Å². The fraction of sp³-hybridized carbons (Fsp3) is 0.900. The van der Waals surface area contributed by atoms with E-state index in [0.29, 0.717) is 0 Å². The minimum atomic E-state index is -2.99. The average molecular weight is 205 g/mol. The third-order valence-corrected chi connectivity index (χ3v) is 3.90. The lowest BCUT2D eigenvalue weighted by molar-refractivity contribution is -0.901. The van der Waals surface area contributed by atoms with Gasteiger partial charge in [0.25, 0.3) is 5.92 Å². The molecule has 2 atom stereocenters. The van der Waals surface area contributed by atoms with Crippen molar-refractivity contribution in [2.45, 2.75) is 56.2 Å². The van der Waals surface area contributed by atoms with E-state index >= 15 is 0 Å². The molecule has 0 aromatic rings. The molecule has 2 bridgehead atoms. The summed E-state index contributed by atoms with van der Waals surface area (Å²) < 4.78 is 26.4. The van der Waals surface area contributed by atoms with E-state index in [0.717, 1.165) is 24.7 Å². The number of piperidine rings is 1. The number of hydrogen-bond donors (Lipinski definition) is 2. The molecule has 14 heavy (non-hydrogen) atoms. The highest BCUT2D eigenvalue weighted by molar-refractivity contribution is 4.99. The Kier molecular flexibility index (Phi) is 2.13. The smallest absolute Gasteiger partial charge is 0.273 e. The number of rotatable bonds is 1. The van der Waals surface area contributed by atoms with Gasteiger partial charge >= 0.3 is 0 Å². The number of quaternary nitrogens is 1. The Balaban J connectivity index is 2.20. The van der Waals surface area contributed by atoms with Gasteiger partial charge in [-0.3, -0.25) is 0 Å². The highest BCUT2D eigenvalue weighted by Crippen LogP contribution is 2.40. The summed E-state index contributed by atoms with van der Waals surface area (Å²) in [5.74, 6) is -2.99. The van der Waals surface area contributed by atoms with E-state index in [1.54, 1.807) is 0 Å². The molecule has 2 saturated heterocycles. The Bertz CT molecular complexity index is 225. The van der Waals surface area contributed by atoms with Crippen LogP contribution in [-0.4, -0.2) is 28.7 Å². The Hall–Kier alpha value is -0.220. The van der Waals surface area contributed by atoms with Crippen molar-refractivity contribution < 1.29 is 18.8 Å². The van der Waals surface area contributed by atoms with Crippen LogP contribution in [0.25, 0.3) is 0 Å². The fourth-order valence-electron chi connectivity index (χ4n) is 2.83. The summed E-state index contributed by atoms with van der Waals surface area (Å²) >= 11 is 0. The zero-order valence-electron chi connectivity index (χ0n) is 8.39. The maximum absolute atomic E-state index is 13.2. The predicted molar refractivity (Wildman–Crippen MR) is 47.9 cm³/mol. The zero-order valence-corrected chi connectivity index (χ0v) is 8.39. The minimum absolute atomic E-state index is 0.115. The summed E-state index contributed by atoms with van der Waals surface area (Å²) in [7, 11) is 3.93. The molecule has 2 unspecified atom stereocenters. The highest BCUT2D eigenvalue weighted by Gasteiger charge is 2.57. The van der Waals surface area contributed by atoms with Crippen LogP contribution < -0.4 is 4.90 Å². The predicted octanol–water partition coefficient (Wildman–Crippen LogP) is 0.374. The van der Waals surface area contributed by atoms with Gasteiger partial charge in [0.1, 0.15) is 5.60 Å². The van der Waals surface area contributed by atoms with Crippen molar-refractivity contribution in [3.63, 3.8) is 0 Å². The Morgan fingerprint density at radius 2 is 1.79 bits per heavy atom. The van der Waals surface area contributed by atoms with E-state index < -0.39 is 11.5 Å². The average Bonchev–Trinajstić information content (AvgIpc) is 2.32. The highest BCUT2D eigenvalue weighted by atomic mass is 19.3. The van der Waals surface area contributed by atoms with Crippen molar-refractivity contribution in [1.82, 2.24) is 0 Å². The molecule has 2 fully saturated rings. The van der Waals surface area contributed by atoms with Crippen molar-refractivity contribution in [2.75, 3.05) is 0 Å². The van der Waals surface area contributed by atoms with Gasteiger partial charge in [0.2, 0.25) is 0 Å². The van der Waals surface area contributed by atoms with Crippen LogP contribution in [0, 0.1) is 7.05 Å². The molecule has 0 aliphatic carbocycles. The van der Waals surface area contributed by atoms with E-state index in [9.17, 15) is 13.9 Å². The van der Waals surface area contributed by atoms with E-state index in [2.05, 4.69) is 7.05 Å². The molecule has 2 nitrogen and oxygen atoms in total. The maximum atomic E-state index is 13.2. The van der Waals surface area contributed by atoms with Crippen LogP contribution in [0.3, 0.4) is 0 Å². The first kappa shape index (κ1) is 10.3. The van der Waals surface area contributed by atoms with Crippen molar-refractivity contribution >= 4 is 0 Å². The van der Waals surface area contributed by atoms with E-state index in [1.165, 1.54) is 0 Å². The summed E-state index contributed by atoms with van der Waals surface area (Å²) in [6, 6.07) is 0.231. The van der Waals surface area contributed by atoms with Gasteiger partial charge < -0.3 is 10.0 Å². The first-order chi connectivity index (χ1) is 6.33. The zero-order chi connectivity index (χ0) is 10.6. The molecule has 0 amide bonds. The first-order valence-corrected chi connectivity index (χ1v) is 5.12. The quantitative estimate of drug-likeness (QED) is 0.594. The Labute approximate surface area is 82.9 Å². The van der Waals surface area contributed by atoms with Crippen LogP contribution in [0.4, 0.5) is 8.78 Å². The summed E-state index contributed by atoms with van der Waals surface area (Å²) in [5.41, 5.74) is -1.79. The lowest BCUT2D eigenvalue weighted by atomic mass is 9.82. The van der Waals surface area contributed by atoms with Crippen LogP contribution in [-0.2, 0) is 0 Å². The number of halogens is 2. The second kappa shape index (κ2) is 2.89. The molecule has 2 aliphatic heterocycles. The molecular weight excluding hydrogens is 188 g/mol. The molecule has 2 rings (SSSR count). The SMILES string of the molecule is [CH2-][NH+]1C2CCC1CC(O)(C(C)(F)F)C2. The summed E-state index contributed by atoms with van der Waals surface area (Å²) in [6.45, 7) is 0.820. The fourth-order valence-corrected chi connectivity index (χ4v) is 2.83. The molecule has 0 aromatic heterocycles. The molecule has 4 heteroatoms. The topological polar surface area (TPSA) is 24.7 Å². The number of nitrogens with one attached hydrogen (secondary N) is 1. The maximum Gasteiger partial charge on any atom is 0.273 e. The van der Waals surface area contributed by atoms with Crippen LogP contribution in [0.5, 0.6) is 0 Å². The van der Waals surface area contributed by atoms with Crippen LogP contribution in [0.2, 0.25) is 0 Å². The molecule has 2 N–H and O–H groups in total. The summed E-state index contributed by atoms with van der Waals surface area (Å²) in [5, 5.41) is 9.92. The van der Waals surface area contributed by atoms with Gasteiger partial charge in [-0.25, -0.2) is 8.78 Å². The first-order valence-electron chi connectivity index (χ1n) is 5.12. The van der Waals surface area contributed by atoms with E-state index in [1.807, 2.05) is 0 Å². The summed E-state index contributed by atoms with van der Waals surface area (Å²) in [6.07, 6.45) is 2.21. The Morgan fingerprint density at radius 3 is 2.14 bits per heavy atom. The lowest BCUT2D eigenvalue weighted by Crippen LogP contribution is -3.14. The number of hydrogen-bond acceptors (Lipinski definition) is 1. The van der Waals surface area contributed by atoms with E-state index in [-0.39, 0.29) is 24.9 Å². The number of alkyl halides is 2. The number of aliphatic hydroxyl groups is 1. The molecule has 0 saturated carbocycles. The third-order valence-electron chi connectivity index (χ3n) is 3.90. The lowest BCUT2D eigenvalue weighted by Gasteiger charge is -2.45. The van der Waals surface area contributed by atoms with Gasteiger partial charge in [0, 0.05) is 32.6 Å². The van der Waals surface area contributed by atoms with Crippen LogP contribution in [0.15, 0.2) is 0 Å². The normalized spacial score (nSPS) is 48.2. The molecule has 2 aliphatic rings. The van der Waals surface area contributed by atoms with Crippen molar-refractivity contribution in [3.8, 4) is 0 Å². The van der Waals surface area contributed by atoms with Crippen molar-refractivity contribution in [2.24, 2.45) is 0 Å². The number of fused-ring (bicyclic) bond motifs is 2. The van der Waals surface area contributed by atoms with Gasteiger partial charge in [-0.2, -0.15) is 7.05 Å². The summed E-state index contributed by atoms with van der Waals surface area (Å²) in [4.78, 5) is 1.08. The minimum Gasteiger partial charge on any atom is -0.463 e. The standard InChI is InChI=1S/C10H17F2NO/c1-9(11,12)10(14)5-7-3-4-8(6-10)13(7)2/h7-8,13-14H,2-6H2,1H3. The monoisotopic (exact) mass is 205 g/mol. The molecule has 0 spiro atoms. The van der Waals surface area contributed by atoms with Gasteiger partial charge in [-0.1, -0.05) is 0 Å². The van der Waals surface area contributed by atoms with Gasteiger partial charge in [-0.05, 0) is 0 Å². The van der Waals surface area contributed by atoms with E-state index in [4.69, 9.17) is 0 Å². The molecule has 0 aromatic carbocycles. The van der Waals surface area contributed by atoms with Crippen LogP contribution >= 0.6 is 0 Å². The van der Waals surface area contributed by atoms with Crippen molar-refractivity contribution in [1.29, 1.82) is 0 Å². The largest absolute Gasteiger partial charge is 0.463 e. The van der Waals surface area contributed by atoms with Crippen molar-refractivity contribution in [3.05, 3.63) is 7.05 Å². The molecule has 0 radical (unpaired) electrons. The Morgan fingerprint density at radius 1 is 1.36 bits per heavy atom. The second-order valence-electron chi connectivity index (χ2n) is 4.87. The second-order valence-corrected chi connectivity index (χ2v) is 4.87. The molecular formula is C10H17F2NO.